The standard InChI is InChI=1S/C11H22NO4Si/c1-5-14-17(15-6-2,16-7-3)10-12-9-13-8-11(12)4/h8-9H,5-7,10H2,1-4H3/q+1. The van der Waals surface area contributed by atoms with Crippen molar-refractivity contribution < 1.29 is 22.3 Å². The molecule has 0 fully saturated rings. The van der Waals surface area contributed by atoms with Gasteiger partial charge in [-0.05, 0) is 20.8 Å². The van der Waals surface area contributed by atoms with Gasteiger partial charge in [0.1, 0.15) is 0 Å². The van der Waals surface area contributed by atoms with E-state index in [4.69, 9.17) is 17.7 Å². The average molecular weight is 260 g/mol. The van der Waals surface area contributed by atoms with Gasteiger partial charge in [0.25, 0.3) is 0 Å². The molecule has 0 atom stereocenters. The van der Waals surface area contributed by atoms with Crippen molar-refractivity contribution in [1.29, 1.82) is 0 Å². The molecule has 1 aromatic rings. The van der Waals surface area contributed by atoms with Gasteiger partial charge in [0.2, 0.25) is 11.9 Å². The van der Waals surface area contributed by atoms with Gasteiger partial charge in [-0.15, -0.1) is 0 Å². The van der Waals surface area contributed by atoms with Crippen molar-refractivity contribution in [3.8, 4) is 0 Å². The second kappa shape index (κ2) is 6.90. The summed E-state index contributed by atoms with van der Waals surface area (Å²) in [4.78, 5) is 0. The maximum Gasteiger partial charge on any atom is 0.570 e. The summed E-state index contributed by atoms with van der Waals surface area (Å²) in [7, 11) is -2.63. The minimum absolute atomic E-state index is 0.587. The number of aromatic nitrogens is 1. The van der Waals surface area contributed by atoms with Crippen molar-refractivity contribution in [2.24, 2.45) is 0 Å². The van der Waals surface area contributed by atoms with Crippen LogP contribution < -0.4 is 4.57 Å². The Bertz CT molecular complexity index is 312. The zero-order valence-electron chi connectivity index (χ0n) is 11.1. The lowest BCUT2D eigenvalue weighted by Crippen LogP contribution is -2.58. The van der Waals surface area contributed by atoms with Crippen molar-refractivity contribution in [2.45, 2.75) is 33.9 Å². The first-order chi connectivity index (χ1) is 8.17. The van der Waals surface area contributed by atoms with Crippen LogP contribution in [-0.2, 0) is 19.4 Å². The van der Waals surface area contributed by atoms with E-state index in [1.165, 1.54) is 0 Å². The van der Waals surface area contributed by atoms with E-state index < -0.39 is 8.80 Å². The van der Waals surface area contributed by atoms with Gasteiger partial charge in [-0.2, -0.15) is 4.57 Å². The Balaban J connectivity index is 2.83. The highest BCUT2D eigenvalue weighted by molar-refractivity contribution is 6.58. The number of hydrogen-bond acceptors (Lipinski definition) is 4. The molecule has 5 nitrogen and oxygen atoms in total. The molecule has 0 aliphatic heterocycles. The van der Waals surface area contributed by atoms with Gasteiger partial charge in [0.15, 0.2) is 6.26 Å². The molecule has 17 heavy (non-hydrogen) atoms. The highest BCUT2D eigenvalue weighted by atomic mass is 28.4. The lowest BCUT2D eigenvalue weighted by Gasteiger charge is -2.25. The quantitative estimate of drug-likeness (QED) is 0.524. The molecule has 98 valence electrons. The van der Waals surface area contributed by atoms with Gasteiger partial charge in [-0.1, -0.05) is 0 Å². The molecule has 1 aromatic heterocycles. The Morgan fingerprint density at radius 2 is 1.65 bits per heavy atom. The highest BCUT2D eigenvalue weighted by Crippen LogP contribution is 2.11. The second-order valence-electron chi connectivity index (χ2n) is 3.61. The first-order valence-electron chi connectivity index (χ1n) is 6.01. The van der Waals surface area contributed by atoms with Crippen LogP contribution >= 0.6 is 0 Å². The van der Waals surface area contributed by atoms with Gasteiger partial charge in [-0.25, -0.2) is 0 Å². The zero-order valence-corrected chi connectivity index (χ0v) is 12.1. The Morgan fingerprint density at radius 1 is 1.12 bits per heavy atom. The fourth-order valence-electron chi connectivity index (χ4n) is 1.65. The Hall–Kier alpha value is -0.693. The van der Waals surface area contributed by atoms with E-state index in [0.717, 1.165) is 5.69 Å². The molecule has 0 aliphatic rings. The maximum absolute atomic E-state index is 5.77. The van der Waals surface area contributed by atoms with E-state index in [0.29, 0.717) is 26.0 Å². The predicted molar refractivity (Wildman–Crippen MR) is 64.3 cm³/mol. The molecule has 0 radical (unpaired) electrons. The van der Waals surface area contributed by atoms with E-state index in [-0.39, 0.29) is 0 Å². The second-order valence-corrected chi connectivity index (χ2v) is 6.16. The predicted octanol–water partition coefficient (Wildman–Crippen LogP) is 1.46. The van der Waals surface area contributed by atoms with Crippen molar-refractivity contribution >= 4 is 8.80 Å². The van der Waals surface area contributed by atoms with E-state index in [1.54, 1.807) is 12.7 Å². The molecular weight excluding hydrogens is 238 g/mol. The fourth-order valence-corrected chi connectivity index (χ4v) is 4.23. The molecule has 0 bridgehead atoms. The Labute approximate surface area is 104 Å². The Morgan fingerprint density at radius 3 is 2.00 bits per heavy atom. The molecule has 0 amide bonds. The minimum atomic E-state index is -2.63. The van der Waals surface area contributed by atoms with Crippen molar-refractivity contribution in [3.63, 3.8) is 0 Å². The van der Waals surface area contributed by atoms with E-state index >= 15 is 0 Å². The zero-order chi connectivity index (χ0) is 12.7. The molecule has 0 aliphatic carbocycles. The molecule has 0 aromatic carbocycles. The van der Waals surface area contributed by atoms with Crippen LogP contribution in [0.2, 0.25) is 0 Å². The fraction of sp³-hybridized carbons (Fsp3) is 0.727. The van der Waals surface area contributed by atoms with Crippen LogP contribution in [0.25, 0.3) is 0 Å². The van der Waals surface area contributed by atoms with E-state index in [9.17, 15) is 0 Å². The summed E-state index contributed by atoms with van der Waals surface area (Å²) in [6.07, 6.45) is 3.95. The van der Waals surface area contributed by atoms with Gasteiger partial charge < -0.3 is 17.7 Å². The summed E-state index contributed by atoms with van der Waals surface area (Å²) in [5.41, 5.74) is 1.03. The molecule has 1 rings (SSSR count). The Kier molecular flexibility index (Phi) is 5.83. The lowest BCUT2D eigenvalue weighted by atomic mass is 10.6. The SMILES string of the molecule is CCO[Si](C[n+]1cocc1C)(OCC)OCC. The minimum Gasteiger partial charge on any atom is -0.412 e. The lowest BCUT2D eigenvalue weighted by molar-refractivity contribution is -0.694. The third-order valence-electron chi connectivity index (χ3n) is 2.34. The first-order valence-corrected chi connectivity index (χ1v) is 7.94. The van der Waals surface area contributed by atoms with Crippen LogP contribution in [0.1, 0.15) is 26.5 Å². The third-order valence-corrected chi connectivity index (χ3v) is 5.25. The molecule has 0 unspecified atom stereocenters. The summed E-state index contributed by atoms with van der Waals surface area (Å²) in [5, 5.41) is 0. The van der Waals surface area contributed by atoms with Gasteiger partial charge in [0.05, 0.1) is 0 Å². The van der Waals surface area contributed by atoms with Crippen molar-refractivity contribution in [1.82, 2.24) is 0 Å². The van der Waals surface area contributed by atoms with E-state index in [1.807, 2.05) is 32.3 Å². The summed E-state index contributed by atoms with van der Waals surface area (Å²) in [5.74, 6) is 0. The number of hydrogen-bond donors (Lipinski definition) is 0. The van der Waals surface area contributed by atoms with Gasteiger partial charge >= 0.3 is 15.2 Å². The molecule has 0 saturated carbocycles. The number of nitrogens with zero attached hydrogens (tertiary/aromatic N) is 1. The summed E-state index contributed by atoms with van der Waals surface area (Å²) < 4.78 is 24.4. The van der Waals surface area contributed by atoms with Crippen LogP contribution in [0.3, 0.4) is 0 Å². The van der Waals surface area contributed by atoms with Crippen LogP contribution in [-0.4, -0.2) is 28.6 Å². The smallest absolute Gasteiger partial charge is 0.412 e. The number of oxazole rings is 1. The molecule has 0 spiro atoms. The van der Waals surface area contributed by atoms with Gasteiger partial charge in [-0.3, -0.25) is 0 Å². The average Bonchev–Trinajstić information content (AvgIpc) is 2.65. The molecule has 0 N–H and O–H groups in total. The molecular formula is C11H22NO4Si+. The molecule has 6 heteroatoms. The monoisotopic (exact) mass is 260 g/mol. The van der Waals surface area contributed by atoms with Crippen molar-refractivity contribution in [3.05, 3.63) is 18.4 Å². The summed E-state index contributed by atoms with van der Waals surface area (Å²) in [6.45, 7) is 9.59. The van der Waals surface area contributed by atoms with Crippen LogP contribution in [0.5, 0.6) is 0 Å². The topological polar surface area (TPSA) is 44.7 Å². The van der Waals surface area contributed by atoms with Gasteiger partial charge in [0, 0.05) is 26.7 Å². The number of aryl methyl sites for hydroxylation is 1. The van der Waals surface area contributed by atoms with Crippen LogP contribution in [0, 0.1) is 6.92 Å². The normalized spacial score (nSPS) is 12.0. The first kappa shape index (κ1) is 14.4. The molecule has 0 saturated heterocycles. The maximum atomic E-state index is 5.77. The molecule has 1 heterocycles. The summed E-state index contributed by atoms with van der Waals surface area (Å²) >= 11 is 0. The highest BCUT2D eigenvalue weighted by Gasteiger charge is 2.46. The number of rotatable bonds is 8. The largest absolute Gasteiger partial charge is 0.570 e. The van der Waals surface area contributed by atoms with Crippen molar-refractivity contribution in [2.75, 3.05) is 19.8 Å². The van der Waals surface area contributed by atoms with E-state index in [2.05, 4.69) is 0 Å². The van der Waals surface area contributed by atoms with Crippen LogP contribution in [0.15, 0.2) is 17.1 Å². The summed E-state index contributed by atoms with van der Waals surface area (Å²) in [6, 6.07) is 0. The van der Waals surface area contributed by atoms with Crippen LogP contribution in [0.4, 0.5) is 0 Å². The third kappa shape index (κ3) is 3.92.